The van der Waals surface area contributed by atoms with Crippen LogP contribution in [0.3, 0.4) is 0 Å². The summed E-state index contributed by atoms with van der Waals surface area (Å²) in [6.07, 6.45) is 6.75. The van der Waals surface area contributed by atoms with E-state index in [1.54, 1.807) is 12.7 Å². The van der Waals surface area contributed by atoms with Gasteiger partial charge in [-0.05, 0) is 50.5 Å². The molecular weight excluding hydrogens is 406 g/mol. The highest BCUT2D eigenvalue weighted by atomic mass is 79.9. The van der Waals surface area contributed by atoms with Crippen molar-refractivity contribution in [2.75, 3.05) is 31.1 Å². The lowest BCUT2D eigenvalue weighted by atomic mass is 10.2. The van der Waals surface area contributed by atoms with E-state index >= 15 is 0 Å². The van der Waals surface area contributed by atoms with E-state index in [1.807, 2.05) is 4.57 Å². The van der Waals surface area contributed by atoms with E-state index in [0.29, 0.717) is 6.04 Å². The van der Waals surface area contributed by atoms with Gasteiger partial charge in [-0.2, -0.15) is 0 Å². The van der Waals surface area contributed by atoms with Crippen LogP contribution >= 0.6 is 15.9 Å². The van der Waals surface area contributed by atoms with Crippen LogP contribution in [0.5, 0.6) is 0 Å². The number of aryl methyl sites for hydroxylation is 1. The van der Waals surface area contributed by atoms with Crippen molar-refractivity contribution < 1.29 is 0 Å². The number of aromatic nitrogens is 3. The van der Waals surface area contributed by atoms with Gasteiger partial charge in [-0.1, -0.05) is 15.9 Å². The number of unbranched alkanes of at least 4 members (excludes halogenated alkanes) is 1. The number of rotatable bonds is 8. The number of aliphatic imine (C=N–C) groups is 1. The van der Waals surface area contributed by atoms with E-state index in [0.717, 1.165) is 62.4 Å². The highest BCUT2D eigenvalue weighted by Gasteiger charge is 2.23. The van der Waals surface area contributed by atoms with Gasteiger partial charge in [0.2, 0.25) is 0 Å². The molecule has 0 bridgehead atoms. The topological polar surface area (TPSA) is 70.4 Å². The molecule has 2 heterocycles. The lowest BCUT2D eigenvalue weighted by Crippen LogP contribution is -2.44. The first-order chi connectivity index (χ1) is 13.2. The average molecular weight is 434 g/mol. The summed E-state index contributed by atoms with van der Waals surface area (Å²) in [6, 6.07) is 8.95. The standard InChI is InChI=1S/C19H28BrN7/c1-2-21-19(22-10-3-4-11-26-14-23-24-15-26)25-17-9-12-27(13-17)18-7-5-16(20)6-8-18/h5-8,14-15,17H,2-4,9-13H2,1H3,(H2,21,22,25). The summed E-state index contributed by atoms with van der Waals surface area (Å²) in [5.41, 5.74) is 1.28. The molecule has 2 N–H and O–H groups in total. The number of halogens is 1. The molecule has 0 amide bonds. The number of anilines is 1. The van der Waals surface area contributed by atoms with E-state index in [1.165, 1.54) is 5.69 Å². The molecule has 1 saturated heterocycles. The molecule has 1 aliphatic heterocycles. The summed E-state index contributed by atoms with van der Waals surface area (Å²) < 4.78 is 3.12. The Balaban J connectivity index is 1.43. The molecule has 3 rings (SSSR count). The van der Waals surface area contributed by atoms with Gasteiger partial charge in [0.05, 0.1) is 0 Å². The molecule has 0 spiro atoms. The predicted molar refractivity (Wildman–Crippen MR) is 113 cm³/mol. The highest BCUT2D eigenvalue weighted by Crippen LogP contribution is 2.22. The summed E-state index contributed by atoms with van der Waals surface area (Å²) in [5, 5.41) is 14.6. The Kier molecular flexibility index (Phi) is 7.50. The van der Waals surface area contributed by atoms with E-state index in [-0.39, 0.29) is 0 Å². The molecule has 27 heavy (non-hydrogen) atoms. The minimum atomic E-state index is 0.420. The van der Waals surface area contributed by atoms with E-state index in [4.69, 9.17) is 4.99 Å². The molecule has 0 aliphatic carbocycles. The predicted octanol–water partition coefficient (Wildman–Crippen LogP) is 2.65. The molecule has 0 radical (unpaired) electrons. The number of guanidine groups is 1. The largest absolute Gasteiger partial charge is 0.369 e. The van der Waals surface area contributed by atoms with Gasteiger partial charge >= 0.3 is 0 Å². The van der Waals surface area contributed by atoms with E-state index in [2.05, 4.69) is 72.8 Å². The Morgan fingerprint density at radius 3 is 2.74 bits per heavy atom. The van der Waals surface area contributed by atoms with Crippen LogP contribution in [0.1, 0.15) is 26.2 Å². The van der Waals surface area contributed by atoms with Crippen LogP contribution in [0.15, 0.2) is 46.4 Å². The third kappa shape index (κ3) is 6.23. The van der Waals surface area contributed by atoms with Gasteiger partial charge in [0.15, 0.2) is 5.96 Å². The zero-order valence-corrected chi connectivity index (χ0v) is 17.4. The smallest absolute Gasteiger partial charge is 0.191 e. The number of nitrogens with zero attached hydrogens (tertiary/aromatic N) is 5. The van der Waals surface area contributed by atoms with E-state index < -0.39 is 0 Å². The van der Waals surface area contributed by atoms with Gasteiger partial charge in [-0.25, -0.2) is 0 Å². The minimum absolute atomic E-state index is 0.420. The molecule has 1 aliphatic rings. The van der Waals surface area contributed by atoms with Crippen LogP contribution < -0.4 is 15.5 Å². The maximum atomic E-state index is 4.73. The van der Waals surface area contributed by atoms with Crippen molar-refractivity contribution in [2.45, 2.75) is 38.8 Å². The fraction of sp³-hybridized carbons (Fsp3) is 0.526. The molecule has 1 aromatic heterocycles. The van der Waals surface area contributed by atoms with Crippen molar-refractivity contribution in [3.8, 4) is 0 Å². The average Bonchev–Trinajstić information content (AvgIpc) is 3.34. The van der Waals surface area contributed by atoms with Gasteiger partial charge in [0.25, 0.3) is 0 Å². The van der Waals surface area contributed by atoms with Crippen LogP contribution in [0.2, 0.25) is 0 Å². The van der Waals surface area contributed by atoms with Gasteiger partial charge < -0.3 is 20.1 Å². The molecule has 1 aromatic carbocycles. The van der Waals surface area contributed by atoms with Crippen molar-refractivity contribution in [2.24, 2.45) is 4.99 Å². The van der Waals surface area contributed by atoms with Gasteiger partial charge in [0.1, 0.15) is 12.7 Å². The lowest BCUT2D eigenvalue weighted by molar-refractivity contribution is 0.607. The van der Waals surface area contributed by atoms with Crippen molar-refractivity contribution in [1.29, 1.82) is 0 Å². The highest BCUT2D eigenvalue weighted by molar-refractivity contribution is 9.10. The molecule has 2 aromatic rings. The first-order valence-corrected chi connectivity index (χ1v) is 10.4. The lowest BCUT2D eigenvalue weighted by Gasteiger charge is -2.20. The molecule has 1 atom stereocenters. The molecule has 1 unspecified atom stereocenters. The van der Waals surface area contributed by atoms with Gasteiger partial charge in [-0.3, -0.25) is 4.99 Å². The van der Waals surface area contributed by atoms with Gasteiger partial charge in [0, 0.05) is 48.9 Å². The summed E-state index contributed by atoms with van der Waals surface area (Å²) in [4.78, 5) is 7.16. The Morgan fingerprint density at radius 2 is 2.00 bits per heavy atom. The second-order valence-corrected chi connectivity index (χ2v) is 7.64. The summed E-state index contributed by atoms with van der Waals surface area (Å²) in [5.74, 6) is 0.921. The second kappa shape index (κ2) is 10.3. The quantitative estimate of drug-likeness (QED) is 0.380. The Hall–Kier alpha value is -2.09. The summed E-state index contributed by atoms with van der Waals surface area (Å²) in [7, 11) is 0. The summed E-state index contributed by atoms with van der Waals surface area (Å²) >= 11 is 3.50. The normalized spacial score (nSPS) is 17.3. The SMILES string of the molecule is CCNC(=NCCCCn1cnnc1)NC1CCN(c2ccc(Br)cc2)C1. The molecule has 146 valence electrons. The number of hydrogen-bond acceptors (Lipinski definition) is 4. The zero-order valence-electron chi connectivity index (χ0n) is 15.8. The van der Waals surface area contributed by atoms with Crippen LogP contribution in [0.25, 0.3) is 0 Å². The number of nitrogens with one attached hydrogen (secondary N) is 2. The van der Waals surface area contributed by atoms with Crippen molar-refractivity contribution in [1.82, 2.24) is 25.4 Å². The van der Waals surface area contributed by atoms with Crippen LogP contribution in [-0.4, -0.2) is 52.9 Å². The number of hydrogen-bond donors (Lipinski definition) is 2. The third-order valence-corrected chi connectivity index (χ3v) is 5.15. The Morgan fingerprint density at radius 1 is 1.22 bits per heavy atom. The van der Waals surface area contributed by atoms with Crippen molar-refractivity contribution in [3.63, 3.8) is 0 Å². The zero-order chi connectivity index (χ0) is 18.9. The number of benzene rings is 1. The fourth-order valence-electron chi connectivity index (χ4n) is 3.21. The molecule has 1 fully saturated rings. The molecule has 8 heteroatoms. The summed E-state index contributed by atoms with van der Waals surface area (Å²) in [6.45, 7) is 6.80. The fourth-order valence-corrected chi connectivity index (χ4v) is 3.48. The minimum Gasteiger partial charge on any atom is -0.369 e. The van der Waals surface area contributed by atoms with Crippen molar-refractivity contribution >= 4 is 27.6 Å². The van der Waals surface area contributed by atoms with Crippen LogP contribution in [0, 0.1) is 0 Å². The molecule has 0 saturated carbocycles. The Labute approximate surface area is 169 Å². The van der Waals surface area contributed by atoms with Crippen LogP contribution in [0.4, 0.5) is 5.69 Å². The first kappa shape index (κ1) is 19.7. The molecule has 7 nitrogen and oxygen atoms in total. The second-order valence-electron chi connectivity index (χ2n) is 6.72. The monoisotopic (exact) mass is 433 g/mol. The third-order valence-electron chi connectivity index (χ3n) is 4.63. The van der Waals surface area contributed by atoms with E-state index in [9.17, 15) is 0 Å². The maximum absolute atomic E-state index is 4.73. The Bertz CT molecular complexity index is 699. The maximum Gasteiger partial charge on any atom is 0.191 e. The molecular formula is C19H28BrN7. The van der Waals surface area contributed by atoms with Gasteiger partial charge in [-0.15, -0.1) is 10.2 Å². The van der Waals surface area contributed by atoms with Crippen LogP contribution in [-0.2, 0) is 6.54 Å². The first-order valence-electron chi connectivity index (χ1n) is 9.62. The van der Waals surface area contributed by atoms with Crippen molar-refractivity contribution in [3.05, 3.63) is 41.4 Å².